The number of ether oxygens (including phenoxy) is 1. The highest BCUT2D eigenvalue weighted by Gasteiger charge is 2.27. The summed E-state index contributed by atoms with van der Waals surface area (Å²) in [4.78, 5) is 22.3. The number of alkyl halides is 1. The topological polar surface area (TPSA) is 77.5 Å². The van der Waals surface area contributed by atoms with Gasteiger partial charge in [-0.2, -0.15) is 0 Å². The SMILES string of the molecule is CC(OC(=O)CC(=O)CCl)S(=O)(=O)c1ccccc1. The Balaban J connectivity index is 2.75. The van der Waals surface area contributed by atoms with E-state index in [2.05, 4.69) is 0 Å². The molecule has 0 bridgehead atoms. The van der Waals surface area contributed by atoms with E-state index in [4.69, 9.17) is 16.3 Å². The quantitative estimate of drug-likeness (QED) is 0.453. The number of hydrogen-bond donors (Lipinski definition) is 0. The van der Waals surface area contributed by atoms with Gasteiger partial charge in [0.05, 0.1) is 10.8 Å². The van der Waals surface area contributed by atoms with Gasteiger partial charge in [-0.1, -0.05) is 18.2 Å². The van der Waals surface area contributed by atoms with Crippen molar-refractivity contribution in [3.05, 3.63) is 30.3 Å². The van der Waals surface area contributed by atoms with Gasteiger partial charge in [-0.3, -0.25) is 9.59 Å². The fourth-order valence-corrected chi connectivity index (χ4v) is 2.55. The van der Waals surface area contributed by atoms with Gasteiger partial charge in [-0.15, -0.1) is 11.6 Å². The van der Waals surface area contributed by atoms with Gasteiger partial charge < -0.3 is 4.74 Å². The molecule has 0 aliphatic heterocycles. The lowest BCUT2D eigenvalue weighted by atomic mass is 10.3. The molecule has 0 aliphatic rings. The molecule has 1 aromatic carbocycles. The largest absolute Gasteiger partial charge is 0.446 e. The second kappa shape index (κ2) is 6.68. The summed E-state index contributed by atoms with van der Waals surface area (Å²) in [6.45, 7) is 1.24. The summed E-state index contributed by atoms with van der Waals surface area (Å²) in [5.41, 5.74) is -1.36. The number of sulfone groups is 1. The number of carbonyl (C=O) groups is 2. The van der Waals surface area contributed by atoms with Crippen LogP contribution in [0.25, 0.3) is 0 Å². The summed E-state index contributed by atoms with van der Waals surface area (Å²) in [6.07, 6.45) is -0.530. The minimum Gasteiger partial charge on any atom is -0.446 e. The van der Waals surface area contributed by atoms with E-state index in [-0.39, 0.29) is 10.8 Å². The lowest BCUT2D eigenvalue weighted by molar-refractivity contribution is -0.146. The van der Waals surface area contributed by atoms with Gasteiger partial charge in [0.1, 0.15) is 6.42 Å². The molecule has 0 amide bonds. The number of ketones is 1. The van der Waals surface area contributed by atoms with Gasteiger partial charge in [0.25, 0.3) is 0 Å². The van der Waals surface area contributed by atoms with Gasteiger partial charge in [0, 0.05) is 0 Å². The highest BCUT2D eigenvalue weighted by molar-refractivity contribution is 7.91. The number of benzene rings is 1. The maximum absolute atomic E-state index is 12.0. The van der Waals surface area contributed by atoms with Crippen LogP contribution in [0.15, 0.2) is 35.2 Å². The smallest absolute Gasteiger partial charge is 0.314 e. The number of hydrogen-bond acceptors (Lipinski definition) is 5. The molecule has 0 spiro atoms. The molecule has 1 aromatic rings. The van der Waals surface area contributed by atoms with Crippen molar-refractivity contribution in [2.75, 3.05) is 5.88 Å². The van der Waals surface area contributed by atoms with Gasteiger partial charge in [0.2, 0.25) is 15.3 Å². The Morgan fingerprint density at radius 3 is 2.37 bits per heavy atom. The van der Waals surface area contributed by atoms with E-state index >= 15 is 0 Å². The van der Waals surface area contributed by atoms with E-state index in [1.165, 1.54) is 19.1 Å². The van der Waals surface area contributed by atoms with E-state index in [9.17, 15) is 18.0 Å². The van der Waals surface area contributed by atoms with Crippen LogP contribution in [0.2, 0.25) is 0 Å². The van der Waals surface area contributed by atoms with Crippen molar-refractivity contribution in [3.63, 3.8) is 0 Å². The van der Waals surface area contributed by atoms with Crippen LogP contribution < -0.4 is 0 Å². The van der Waals surface area contributed by atoms with Gasteiger partial charge in [-0.05, 0) is 19.1 Å². The van der Waals surface area contributed by atoms with Crippen molar-refractivity contribution in [2.45, 2.75) is 23.7 Å². The van der Waals surface area contributed by atoms with Crippen molar-refractivity contribution < 1.29 is 22.7 Å². The van der Waals surface area contributed by atoms with Crippen molar-refractivity contribution in [1.29, 1.82) is 0 Å². The third-order valence-electron chi connectivity index (χ3n) is 2.30. The number of Topliss-reactive ketones (excluding diaryl/α,β-unsaturated/α-hetero) is 1. The molecule has 0 saturated heterocycles. The molecule has 5 nitrogen and oxygen atoms in total. The Hall–Kier alpha value is -1.40. The minimum absolute atomic E-state index is 0.0546. The molecule has 1 atom stereocenters. The average molecular weight is 305 g/mol. The molecule has 0 aliphatic carbocycles. The highest BCUT2D eigenvalue weighted by Crippen LogP contribution is 2.16. The maximum Gasteiger partial charge on any atom is 0.314 e. The van der Waals surface area contributed by atoms with Crippen LogP contribution in [0.4, 0.5) is 0 Å². The molecular weight excluding hydrogens is 292 g/mol. The van der Waals surface area contributed by atoms with Gasteiger partial charge >= 0.3 is 5.97 Å². The minimum atomic E-state index is -3.76. The zero-order valence-electron chi connectivity index (χ0n) is 10.2. The van der Waals surface area contributed by atoms with Gasteiger partial charge in [-0.25, -0.2) is 8.42 Å². The first-order valence-electron chi connectivity index (χ1n) is 5.44. The van der Waals surface area contributed by atoms with Crippen LogP contribution in [0.1, 0.15) is 13.3 Å². The molecule has 1 unspecified atom stereocenters. The second-order valence-electron chi connectivity index (χ2n) is 3.76. The fraction of sp³-hybridized carbons (Fsp3) is 0.333. The first kappa shape index (κ1) is 15.7. The number of carbonyl (C=O) groups excluding carboxylic acids is 2. The standard InChI is InChI=1S/C12H13ClO5S/c1-9(18-12(15)7-10(14)8-13)19(16,17)11-5-3-2-4-6-11/h2-6,9H,7-8H2,1H3. The van der Waals surface area contributed by atoms with Crippen molar-refractivity contribution in [1.82, 2.24) is 0 Å². The molecule has 19 heavy (non-hydrogen) atoms. The highest BCUT2D eigenvalue weighted by atomic mass is 35.5. The summed E-state index contributed by atoms with van der Waals surface area (Å²) in [5.74, 6) is -1.73. The molecule has 0 radical (unpaired) electrons. The Kier molecular flexibility index (Phi) is 5.50. The van der Waals surface area contributed by atoms with E-state index < -0.39 is 33.4 Å². The molecule has 0 aromatic heterocycles. The Bertz CT molecular complexity index is 553. The lowest BCUT2D eigenvalue weighted by Gasteiger charge is -2.13. The third-order valence-corrected chi connectivity index (χ3v) is 4.49. The number of halogens is 1. The van der Waals surface area contributed by atoms with E-state index in [0.717, 1.165) is 0 Å². The lowest BCUT2D eigenvalue weighted by Crippen LogP contribution is -2.26. The first-order chi connectivity index (χ1) is 8.87. The third kappa shape index (κ3) is 4.33. The molecule has 104 valence electrons. The first-order valence-corrected chi connectivity index (χ1v) is 7.52. The van der Waals surface area contributed by atoms with Crippen LogP contribution >= 0.6 is 11.6 Å². The molecule has 0 N–H and O–H groups in total. The van der Waals surface area contributed by atoms with E-state index in [1.54, 1.807) is 18.2 Å². The summed E-state index contributed by atoms with van der Waals surface area (Å²) < 4.78 is 28.8. The van der Waals surface area contributed by atoms with E-state index in [1.807, 2.05) is 0 Å². The zero-order chi connectivity index (χ0) is 14.5. The monoisotopic (exact) mass is 304 g/mol. The second-order valence-corrected chi connectivity index (χ2v) is 6.26. The Labute approximate surface area is 116 Å². The van der Waals surface area contributed by atoms with E-state index in [0.29, 0.717) is 0 Å². The number of rotatable bonds is 6. The molecule has 1 rings (SSSR count). The summed E-state index contributed by atoms with van der Waals surface area (Å²) in [6, 6.07) is 7.62. The molecule has 0 heterocycles. The number of esters is 1. The fourth-order valence-electron chi connectivity index (χ4n) is 1.30. The van der Waals surface area contributed by atoms with Crippen LogP contribution in [-0.4, -0.2) is 31.5 Å². The van der Waals surface area contributed by atoms with Crippen molar-refractivity contribution in [2.24, 2.45) is 0 Å². The normalized spacial score (nSPS) is 12.7. The van der Waals surface area contributed by atoms with Gasteiger partial charge in [0.15, 0.2) is 5.78 Å². The summed E-state index contributed by atoms with van der Waals surface area (Å²) in [7, 11) is -3.76. The summed E-state index contributed by atoms with van der Waals surface area (Å²) >= 11 is 5.24. The van der Waals surface area contributed by atoms with Crippen LogP contribution in [0.5, 0.6) is 0 Å². The zero-order valence-corrected chi connectivity index (χ0v) is 11.8. The predicted molar refractivity (Wildman–Crippen MR) is 69.5 cm³/mol. The van der Waals surface area contributed by atoms with Crippen molar-refractivity contribution in [3.8, 4) is 0 Å². The van der Waals surface area contributed by atoms with Crippen LogP contribution in [0.3, 0.4) is 0 Å². The predicted octanol–water partition coefficient (Wildman–Crippen LogP) is 1.55. The molecule has 0 saturated carbocycles. The Morgan fingerprint density at radius 1 is 1.26 bits per heavy atom. The summed E-state index contributed by atoms with van der Waals surface area (Å²) in [5, 5.41) is 0. The van der Waals surface area contributed by atoms with Crippen LogP contribution in [-0.2, 0) is 24.2 Å². The Morgan fingerprint density at radius 2 is 1.84 bits per heavy atom. The molecular formula is C12H13ClO5S. The maximum atomic E-state index is 12.0. The average Bonchev–Trinajstić information content (AvgIpc) is 2.39. The molecule has 7 heteroatoms. The van der Waals surface area contributed by atoms with Crippen LogP contribution in [0, 0.1) is 0 Å². The van der Waals surface area contributed by atoms with Crippen molar-refractivity contribution >= 4 is 33.2 Å². The molecule has 0 fully saturated rings.